The van der Waals surface area contributed by atoms with E-state index in [2.05, 4.69) is 15.9 Å². The zero-order valence-corrected chi connectivity index (χ0v) is 19.3. The number of anilines is 1. The first-order valence-electron chi connectivity index (χ1n) is 8.99. The first-order chi connectivity index (χ1) is 14.5. The van der Waals surface area contributed by atoms with Crippen molar-refractivity contribution in [1.29, 1.82) is 0 Å². The average Bonchev–Trinajstić information content (AvgIpc) is 2.68. The van der Waals surface area contributed by atoms with Gasteiger partial charge in [-0.3, -0.25) is 29.2 Å². The van der Waals surface area contributed by atoms with Crippen molar-refractivity contribution in [3.63, 3.8) is 0 Å². The second-order valence-electron chi connectivity index (χ2n) is 6.19. The molecule has 0 aromatic heterocycles. The monoisotopic (exact) mass is 526 g/mol. The maximum Gasteiger partial charge on any atom is 0.300 e. The molecule has 1 N–H and O–H groups in total. The summed E-state index contributed by atoms with van der Waals surface area (Å²) in [5, 5.41) is 32.5. The second kappa shape index (κ2) is 11.9. The summed E-state index contributed by atoms with van der Waals surface area (Å²) in [4.78, 5) is 37.0. The van der Waals surface area contributed by atoms with Gasteiger partial charge in [-0.2, -0.15) is 8.42 Å². The van der Waals surface area contributed by atoms with Gasteiger partial charge >= 0.3 is 0 Å². The summed E-state index contributed by atoms with van der Waals surface area (Å²) in [6.07, 6.45) is 0.846. The van der Waals surface area contributed by atoms with E-state index >= 15 is 0 Å². The molecule has 0 aliphatic rings. The van der Waals surface area contributed by atoms with Crippen molar-refractivity contribution >= 4 is 49.0 Å². The molecule has 1 amide bonds. The Morgan fingerprint density at radius 1 is 1.19 bits per heavy atom. The summed E-state index contributed by atoms with van der Waals surface area (Å²) in [6, 6.07) is 1.68. The second-order valence-corrected chi connectivity index (χ2v) is 8.62. The summed E-state index contributed by atoms with van der Waals surface area (Å²) < 4.78 is 27.2. The van der Waals surface area contributed by atoms with Crippen LogP contribution in [0.2, 0.25) is 0 Å². The van der Waals surface area contributed by atoms with Gasteiger partial charge in [-0.25, -0.2) is 0 Å². The minimum atomic E-state index is -3.78. The van der Waals surface area contributed by atoms with Gasteiger partial charge in [0.25, 0.3) is 27.4 Å². The van der Waals surface area contributed by atoms with Crippen LogP contribution in [-0.2, 0) is 14.3 Å². The van der Waals surface area contributed by atoms with E-state index in [9.17, 15) is 38.5 Å². The smallest absolute Gasteiger partial charge is 0.300 e. The van der Waals surface area contributed by atoms with Crippen molar-refractivity contribution in [2.24, 2.45) is 0 Å². The van der Waals surface area contributed by atoms with E-state index in [0.717, 1.165) is 18.4 Å². The molecule has 13 nitrogen and oxygen atoms in total. The molecule has 0 unspecified atom stereocenters. The Hall–Kier alpha value is -2.36. The summed E-state index contributed by atoms with van der Waals surface area (Å²) in [7, 11) is -3.78. The Labute approximate surface area is 187 Å². The molecule has 1 rings (SSSR count). The van der Waals surface area contributed by atoms with Crippen molar-refractivity contribution < 1.29 is 32.3 Å². The number of carbonyl (C=O) groups is 1. The lowest BCUT2D eigenvalue weighted by Gasteiger charge is -2.27. The number of nitro benzene ring substituents is 2. The molecule has 0 spiro atoms. The van der Waals surface area contributed by atoms with Gasteiger partial charge in [-0.1, -0.05) is 15.9 Å². The predicted molar refractivity (Wildman–Crippen MR) is 115 cm³/mol. The van der Waals surface area contributed by atoms with Gasteiger partial charge in [0.2, 0.25) is 0 Å². The summed E-state index contributed by atoms with van der Waals surface area (Å²) in [6.45, 7) is 0.907. The standard InChI is InChI=1S/C16H23BrN4O9S/c1-3-18(6-8-22)16(23)13-10-12(20(24)25)11-14(21(26)27)15(13)19(5-4-17)7-9-30-31(2,28)29/h10-11,22H,3-9H2,1-2H3. The van der Waals surface area contributed by atoms with Gasteiger partial charge in [0.05, 0.1) is 40.9 Å². The molecular formula is C16H23BrN4O9S. The third-order valence-electron chi connectivity index (χ3n) is 4.08. The normalized spacial score (nSPS) is 11.2. The van der Waals surface area contributed by atoms with Crippen LogP contribution in [0, 0.1) is 20.2 Å². The van der Waals surface area contributed by atoms with Crippen LogP contribution < -0.4 is 4.90 Å². The molecule has 0 saturated heterocycles. The lowest BCUT2D eigenvalue weighted by atomic mass is 10.1. The fraction of sp³-hybridized carbons (Fsp3) is 0.562. The zero-order chi connectivity index (χ0) is 23.8. The molecule has 0 aliphatic heterocycles. The van der Waals surface area contributed by atoms with Crippen molar-refractivity contribution in [3.8, 4) is 0 Å². The quantitative estimate of drug-likeness (QED) is 0.170. The number of nitro groups is 2. The number of non-ortho nitro benzene ring substituents is 1. The van der Waals surface area contributed by atoms with Gasteiger partial charge in [0, 0.05) is 37.6 Å². The molecule has 0 heterocycles. The number of hydrogen-bond acceptors (Lipinski definition) is 10. The van der Waals surface area contributed by atoms with Gasteiger partial charge in [-0.15, -0.1) is 0 Å². The van der Waals surface area contributed by atoms with Crippen LogP contribution in [0.3, 0.4) is 0 Å². The van der Waals surface area contributed by atoms with Crippen LogP contribution >= 0.6 is 15.9 Å². The predicted octanol–water partition coefficient (Wildman–Crippen LogP) is 1.13. The lowest BCUT2D eigenvalue weighted by Crippen LogP contribution is -2.37. The Bertz CT molecular complexity index is 926. The van der Waals surface area contributed by atoms with Crippen molar-refractivity contribution in [1.82, 2.24) is 4.90 Å². The highest BCUT2D eigenvalue weighted by molar-refractivity contribution is 9.09. The minimum absolute atomic E-state index is 0.0824. The molecule has 31 heavy (non-hydrogen) atoms. The molecule has 0 aliphatic carbocycles. The SMILES string of the molecule is CCN(CCO)C(=O)c1cc([N+](=O)[O-])cc([N+](=O)[O-])c1N(CCBr)CCOS(C)(=O)=O. The van der Waals surface area contributed by atoms with Gasteiger partial charge in [0.1, 0.15) is 5.69 Å². The fourth-order valence-corrected chi connectivity index (χ4v) is 3.58. The Balaban J connectivity index is 3.68. The number of benzene rings is 1. The summed E-state index contributed by atoms with van der Waals surface area (Å²) in [5.41, 5.74) is -1.84. The van der Waals surface area contributed by atoms with E-state index in [0.29, 0.717) is 5.33 Å². The van der Waals surface area contributed by atoms with E-state index < -0.39 is 37.2 Å². The van der Waals surface area contributed by atoms with E-state index in [1.165, 1.54) is 9.80 Å². The number of aliphatic hydroxyl groups is 1. The lowest BCUT2D eigenvalue weighted by molar-refractivity contribution is -0.393. The van der Waals surface area contributed by atoms with Crippen LogP contribution in [-0.4, -0.2) is 85.2 Å². The number of nitrogens with zero attached hydrogens (tertiary/aromatic N) is 4. The van der Waals surface area contributed by atoms with Crippen LogP contribution in [0.25, 0.3) is 0 Å². The Kier molecular flexibility index (Phi) is 10.2. The number of alkyl halides is 1. The largest absolute Gasteiger partial charge is 0.395 e. The third-order valence-corrected chi connectivity index (χ3v) is 5.03. The van der Waals surface area contributed by atoms with Crippen LogP contribution in [0.5, 0.6) is 0 Å². The molecule has 0 radical (unpaired) electrons. The van der Waals surface area contributed by atoms with Gasteiger partial charge in [0.15, 0.2) is 0 Å². The van der Waals surface area contributed by atoms with Crippen molar-refractivity contribution in [2.45, 2.75) is 6.92 Å². The highest BCUT2D eigenvalue weighted by Gasteiger charge is 2.32. The van der Waals surface area contributed by atoms with E-state index in [-0.39, 0.29) is 50.6 Å². The summed E-state index contributed by atoms with van der Waals surface area (Å²) >= 11 is 3.20. The first-order valence-corrected chi connectivity index (χ1v) is 11.9. The third kappa shape index (κ3) is 7.68. The average molecular weight is 527 g/mol. The molecule has 1 aromatic carbocycles. The highest BCUT2D eigenvalue weighted by Crippen LogP contribution is 2.37. The van der Waals surface area contributed by atoms with E-state index in [4.69, 9.17) is 4.18 Å². The molecule has 0 bridgehead atoms. The molecular weight excluding hydrogens is 504 g/mol. The fourth-order valence-electron chi connectivity index (χ4n) is 2.77. The number of halogens is 1. The maximum absolute atomic E-state index is 13.1. The topological polar surface area (TPSA) is 173 Å². The number of aliphatic hydroxyl groups excluding tert-OH is 1. The minimum Gasteiger partial charge on any atom is -0.395 e. The maximum atomic E-state index is 13.1. The molecule has 0 fully saturated rings. The van der Waals surface area contributed by atoms with Gasteiger partial charge < -0.3 is 14.9 Å². The van der Waals surface area contributed by atoms with E-state index in [1.54, 1.807) is 6.92 Å². The molecule has 0 saturated carbocycles. The number of hydrogen-bond donors (Lipinski definition) is 1. The number of amides is 1. The Morgan fingerprint density at radius 3 is 2.29 bits per heavy atom. The summed E-state index contributed by atoms with van der Waals surface area (Å²) in [5.74, 6) is -0.748. The highest BCUT2D eigenvalue weighted by atomic mass is 79.9. The number of rotatable bonds is 13. The van der Waals surface area contributed by atoms with Crippen LogP contribution in [0.15, 0.2) is 12.1 Å². The molecule has 1 aromatic rings. The van der Waals surface area contributed by atoms with E-state index in [1.807, 2.05) is 0 Å². The zero-order valence-electron chi connectivity index (χ0n) is 16.9. The first kappa shape index (κ1) is 26.7. The molecule has 0 atom stereocenters. The van der Waals surface area contributed by atoms with Gasteiger partial charge in [-0.05, 0) is 6.92 Å². The Morgan fingerprint density at radius 2 is 1.84 bits per heavy atom. The number of likely N-dealkylation sites (N-methyl/N-ethyl adjacent to an activating group) is 1. The van der Waals surface area contributed by atoms with Crippen LogP contribution in [0.4, 0.5) is 17.1 Å². The van der Waals surface area contributed by atoms with Crippen molar-refractivity contribution in [3.05, 3.63) is 37.9 Å². The van der Waals surface area contributed by atoms with Crippen LogP contribution in [0.1, 0.15) is 17.3 Å². The molecule has 15 heteroatoms. The number of carbonyl (C=O) groups excluding carboxylic acids is 1. The molecule has 174 valence electrons. The van der Waals surface area contributed by atoms with Crippen molar-refractivity contribution in [2.75, 3.05) is 55.9 Å².